The highest BCUT2D eigenvalue weighted by atomic mass is 16.5. The van der Waals surface area contributed by atoms with E-state index in [1.165, 1.54) is 7.11 Å². The predicted molar refractivity (Wildman–Crippen MR) is 48.3 cm³/mol. The molecule has 5 heteroatoms. The Balaban J connectivity index is 4.25. The largest absolute Gasteiger partial charge is 0.465 e. The fourth-order valence-electron chi connectivity index (χ4n) is 0.595. The molecule has 0 aromatic heterocycles. The molecule has 0 aromatic carbocycles. The molecule has 0 spiro atoms. The first-order chi connectivity index (χ1) is 6.54. The van der Waals surface area contributed by atoms with Crippen LogP contribution in [0.2, 0.25) is 0 Å². The molecule has 5 nitrogen and oxygen atoms in total. The molecule has 0 rings (SSSR count). The molecule has 0 bridgehead atoms. The van der Waals surface area contributed by atoms with Crippen LogP contribution in [0.1, 0.15) is 0 Å². The first-order valence-corrected chi connectivity index (χ1v) is 3.79. The van der Waals surface area contributed by atoms with E-state index in [0.29, 0.717) is 0 Å². The minimum absolute atomic E-state index is 0.147. The molecule has 0 saturated carbocycles. The van der Waals surface area contributed by atoms with Gasteiger partial charge in [0.15, 0.2) is 0 Å². The zero-order chi connectivity index (χ0) is 11.1. The fourth-order valence-corrected chi connectivity index (χ4v) is 0.595. The number of carbonyl (C=O) groups is 2. The van der Waals surface area contributed by atoms with E-state index in [1.807, 2.05) is 0 Å². The lowest BCUT2D eigenvalue weighted by Crippen LogP contribution is -2.15. The van der Waals surface area contributed by atoms with Crippen molar-refractivity contribution in [3.05, 3.63) is 24.3 Å². The minimum Gasteiger partial charge on any atom is -0.465 e. The molecule has 0 amide bonds. The number of aliphatic hydroxyl groups is 1. The van der Waals surface area contributed by atoms with Crippen LogP contribution in [-0.4, -0.2) is 37.4 Å². The van der Waals surface area contributed by atoms with E-state index in [2.05, 4.69) is 22.6 Å². The second-order valence-electron chi connectivity index (χ2n) is 2.31. The maximum absolute atomic E-state index is 11.1. The highest BCUT2D eigenvalue weighted by molar-refractivity contribution is 6.05. The van der Waals surface area contributed by atoms with E-state index in [0.717, 1.165) is 0 Å². The van der Waals surface area contributed by atoms with Gasteiger partial charge in [0, 0.05) is 0 Å². The molecule has 0 aliphatic rings. The Hall–Kier alpha value is -1.62. The smallest absolute Gasteiger partial charge is 0.338 e. The molecule has 1 N–H and O–H groups in total. The number of hydrogen-bond donors (Lipinski definition) is 1. The van der Waals surface area contributed by atoms with Crippen LogP contribution in [0.15, 0.2) is 24.3 Å². The number of ether oxygens (including phenoxy) is 2. The summed E-state index contributed by atoms with van der Waals surface area (Å²) < 4.78 is 8.84. The molecule has 0 aliphatic carbocycles. The lowest BCUT2D eigenvalue weighted by atomic mass is 10.1. The van der Waals surface area contributed by atoms with Crippen LogP contribution in [0.3, 0.4) is 0 Å². The van der Waals surface area contributed by atoms with Crippen molar-refractivity contribution >= 4 is 11.9 Å². The van der Waals surface area contributed by atoms with Crippen molar-refractivity contribution in [2.75, 3.05) is 20.3 Å². The van der Waals surface area contributed by atoms with Crippen molar-refractivity contribution in [3.8, 4) is 0 Å². The van der Waals surface area contributed by atoms with Crippen LogP contribution < -0.4 is 0 Å². The monoisotopic (exact) mass is 200 g/mol. The van der Waals surface area contributed by atoms with Crippen molar-refractivity contribution in [2.45, 2.75) is 0 Å². The Morgan fingerprint density at radius 2 is 1.71 bits per heavy atom. The lowest BCUT2D eigenvalue weighted by molar-refractivity contribution is -0.141. The Labute approximate surface area is 81.6 Å². The maximum atomic E-state index is 11.1. The lowest BCUT2D eigenvalue weighted by Gasteiger charge is -2.06. The topological polar surface area (TPSA) is 72.8 Å². The van der Waals surface area contributed by atoms with Gasteiger partial charge in [-0.05, 0) is 0 Å². The SMILES string of the molecule is C=C(C(=C)C(=O)OCCO)C(=O)OC. The highest BCUT2D eigenvalue weighted by Gasteiger charge is 2.18. The molecular formula is C9H12O5. The quantitative estimate of drug-likeness (QED) is 0.378. The number of rotatable bonds is 5. The van der Waals surface area contributed by atoms with Crippen LogP contribution in [0.25, 0.3) is 0 Å². The predicted octanol–water partition coefficient (Wildman–Crippen LogP) is -0.193. The van der Waals surface area contributed by atoms with Crippen LogP contribution >= 0.6 is 0 Å². The number of esters is 2. The first kappa shape index (κ1) is 12.4. The zero-order valence-corrected chi connectivity index (χ0v) is 7.91. The standard InChI is InChI=1S/C9H12O5/c1-6(8(11)13-3)7(2)9(12)14-5-4-10/h10H,1-2,4-5H2,3H3. The van der Waals surface area contributed by atoms with E-state index < -0.39 is 11.9 Å². The Morgan fingerprint density at radius 3 is 2.14 bits per heavy atom. The molecule has 0 atom stereocenters. The van der Waals surface area contributed by atoms with Crippen molar-refractivity contribution in [3.63, 3.8) is 0 Å². The number of methoxy groups -OCH3 is 1. The van der Waals surface area contributed by atoms with Gasteiger partial charge in [-0.3, -0.25) is 0 Å². The minimum atomic E-state index is -0.797. The molecule has 0 heterocycles. The number of carbonyl (C=O) groups excluding carboxylic acids is 2. The third-order valence-electron chi connectivity index (χ3n) is 1.37. The van der Waals surface area contributed by atoms with E-state index in [4.69, 9.17) is 5.11 Å². The van der Waals surface area contributed by atoms with Crippen LogP contribution in [0.5, 0.6) is 0 Å². The van der Waals surface area contributed by atoms with Gasteiger partial charge < -0.3 is 14.6 Å². The second-order valence-corrected chi connectivity index (χ2v) is 2.31. The second kappa shape index (κ2) is 5.93. The molecule has 0 aliphatic heterocycles. The van der Waals surface area contributed by atoms with E-state index >= 15 is 0 Å². The summed E-state index contributed by atoms with van der Waals surface area (Å²) in [6, 6.07) is 0. The molecule has 0 fully saturated rings. The van der Waals surface area contributed by atoms with Gasteiger partial charge in [-0.25, -0.2) is 9.59 Å². The molecular weight excluding hydrogens is 188 g/mol. The van der Waals surface area contributed by atoms with Gasteiger partial charge in [0.2, 0.25) is 0 Å². The number of hydrogen-bond acceptors (Lipinski definition) is 5. The Bertz CT molecular complexity index is 266. The Morgan fingerprint density at radius 1 is 1.21 bits per heavy atom. The van der Waals surface area contributed by atoms with E-state index in [-0.39, 0.29) is 24.4 Å². The highest BCUT2D eigenvalue weighted by Crippen LogP contribution is 2.08. The number of aliphatic hydroxyl groups excluding tert-OH is 1. The molecule has 0 aromatic rings. The molecule has 0 radical (unpaired) electrons. The van der Waals surface area contributed by atoms with Crippen LogP contribution in [0, 0.1) is 0 Å². The average molecular weight is 200 g/mol. The summed E-state index contributed by atoms with van der Waals surface area (Å²) in [6.45, 7) is 6.20. The summed E-state index contributed by atoms with van der Waals surface area (Å²) in [5.74, 6) is -1.54. The summed E-state index contributed by atoms with van der Waals surface area (Å²) in [5.41, 5.74) is -0.333. The van der Waals surface area contributed by atoms with E-state index in [1.54, 1.807) is 0 Å². The summed E-state index contributed by atoms with van der Waals surface area (Å²) >= 11 is 0. The summed E-state index contributed by atoms with van der Waals surface area (Å²) in [5, 5.41) is 8.37. The van der Waals surface area contributed by atoms with Gasteiger partial charge >= 0.3 is 11.9 Å². The van der Waals surface area contributed by atoms with Crippen molar-refractivity contribution in [1.82, 2.24) is 0 Å². The van der Waals surface area contributed by atoms with Gasteiger partial charge in [-0.2, -0.15) is 0 Å². The zero-order valence-electron chi connectivity index (χ0n) is 7.91. The van der Waals surface area contributed by atoms with E-state index in [9.17, 15) is 9.59 Å². The Kier molecular flexibility index (Phi) is 5.24. The van der Waals surface area contributed by atoms with Gasteiger partial charge in [0.1, 0.15) is 6.61 Å². The fraction of sp³-hybridized carbons (Fsp3) is 0.333. The van der Waals surface area contributed by atoms with Crippen molar-refractivity contribution in [2.24, 2.45) is 0 Å². The average Bonchev–Trinajstić information content (AvgIpc) is 2.22. The molecule has 78 valence electrons. The van der Waals surface area contributed by atoms with Crippen LogP contribution in [-0.2, 0) is 19.1 Å². The summed E-state index contributed by atoms with van der Waals surface area (Å²) in [4.78, 5) is 22.0. The summed E-state index contributed by atoms with van der Waals surface area (Å²) in [6.07, 6.45) is 0. The normalized spacial score (nSPS) is 9.00. The molecule has 0 unspecified atom stereocenters. The summed E-state index contributed by atoms with van der Waals surface area (Å²) in [7, 11) is 1.17. The maximum Gasteiger partial charge on any atom is 0.338 e. The van der Waals surface area contributed by atoms with Crippen molar-refractivity contribution in [1.29, 1.82) is 0 Å². The van der Waals surface area contributed by atoms with Crippen molar-refractivity contribution < 1.29 is 24.2 Å². The van der Waals surface area contributed by atoms with Gasteiger partial charge in [0.25, 0.3) is 0 Å². The third-order valence-corrected chi connectivity index (χ3v) is 1.37. The van der Waals surface area contributed by atoms with Crippen LogP contribution in [0.4, 0.5) is 0 Å². The van der Waals surface area contributed by atoms with Gasteiger partial charge in [-0.15, -0.1) is 0 Å². The van der Waals surface area contributed by atoms with Gasteiger partial charge in [-0.1, -0.05) is 13.2 Å². The third kappa shape index (κ3) is 3.40. The molecule has 14 heavy (non-hydrogen) atoms. The molecule has 0 saturated heterocycles. The van der Waals surface area contributed by atoms with Gasteiger partial charge in [0.05, 0.1) is 24.9 Å². The first-order valence-electron chi connectivity index (χ1n) is 3.79.